The summed E-state index contributed by atoms with van der Waals surface area (Å²) in [5.41, 5.74) is 2.61. The number of pyridine rings is 1. The SMILES string of the molecule is Cc1ccc(-n2c(SCc3nc4ccccc4s3)nc3ccccc3c2=O)nc1. The Balaban J connectivity index is 1.60. The fourth-order valence-electron chi connectivity index (χ4n) is 3.11. The molecule has 0 aliphatic heterocycles. The van der Waals surface area contributed by atoms with E-state index in [1.807, 2.05) is 55.5 Å². The molecular weight excluding hydrogens is 400 g/mol. The van der Waals surface area contributed by atoms with Crippen molar-refractivity contribution in [2.75, 3.05) is 0 Å². The summed E-state index contributed by atoms with van der Waals surface area (Å²) >= 11 is 3.17. The van der Waals surface area contributed by atoms with Crippen LogP contribution < -0.4 is 5.56 Å². The number of para-hydroxylation sites is 2. The Kier molecular flexibility index (Phi) is 4.61. The predicted molar refractivity (Wildman–Crippen MR) is 119 cm³/mol. The molecule has 2 aromatic carbocycles. The van der Waals surface area contributed by atoms with Gasteiger partial charge in [0.05, 0.1) is 26.9 Å². The number of aryl methyl sites for hydroxylation is 1. The van der Waals surface area contributed by atoms with Crippen molar-refractivity contribution in [3.8, 4) is 5.82 Å². The third-order valence-corrected chi connectivity index (χ3v) is 6.70. The van der Waals surface area contributed by atoms with Crippen molar-refractivity contribution < 1.29 is 0 Å². The van der Waals surface area contributed by atoms with E-state index < -0.39 is 0 Å². The molecule has 29 heavy (non-hydrogen) atoms. The van der Waals surface area contributed by atoms with E-state index in [-0.39, 0.29) is 5.56 Å². The fourth-order valence-corrected chi connectivity index (χ4v) is 5.07. The number of thioether (sulfide) groups is 1. The molecule has 0 saturated carbocycles. The van der Waals surface area contributed by atoms with Gasteiger partial charge in [-0.05, 0) is 42.8 Å². The number of hydrogen-bond donors (Lipinski definition) is 0. The van der Waals surface area contributed by atoms with E-state index in [1.54, 1.807) is 28.2 Å². The van der Waals surface area contributed by atoms with Crippen LogP contribution in [0.25, 0.3) is 26.9 Å². The van der Waals surface area contributed by atoms with Gasteiger partial charge in [-0.25, -0.2) is 19.5 Å². The van der Waals surface area contributed by atoms with E-state index >= 15 is 0 Å². The molecule has 142 valence electrons. The van der Waals surface area contributed by atoms with Crippen molar-refractivity contribution in [3.63, 3.8) is 0 Å². The van der Waals surface area contributed by atoms with Crippen LogP contribution in [0, 0.1) is 6.92 Å². The van der Waals surface area contributed by atoms with Crippen molar-refractivity contribution in [2.24, 2.45) is 0 Å². The first kappa shape index (κ1) is 18.0. The summed E-state index contributed by atoms with van der Waals surface area (Å²) < 4.78 is 2.76. The first-order chi connectivity index (χ1) is 14.2. The van der Waals surface area contributed by atoms with Crippen LogP contribution in [0.4, 0.5) is 0 Å². The number of benzene rings is 2. The second-order valence-corrected chi connectivity index (χ2v) is 8.67. The Bertz CT molecular complexity index is 1360. The summed E-state index contributed by atoms with van der Waals surface area (Å²) in [6.45, 7) is 1.97. The van der Waals surface area contributed by atoms with Gasteiger partial charge in [0, 0.05) is 6.20 Å². The maximum absolute atomic E-state index is 13.2. The third kappa shape index (κ3) is 3.43. The molecule has 5 aromatic rings. The average molecular weight is 417 g/mol. The number of thiazole rings is 1. The number of hydrogen-bond acceptors (Lipinski definition) is 6. The van der Waals surface area contributed by atoms with Gasteiger partial charge in [0.15, 0.2) is 5.16 Å². The summed E-state index contributed by atoms with van der Waals surface area (Å²) in [6, 6.07) is 19.3. The third-order valence-electron chi connectivity index (χ3n) is 4.53. The first-order valence-corrected chi connectivity index (χ1v) is 10.9. The Morgan fingerprint density at radius 3 is 2.55 bits per heavy atom. The average Bonchev–Trinajstić information content (AvgIpc) is 3.16. The molecule has 7 heteroatoms. The van der Waals surface area contributed by atoms with Gasteiger partial charge in [-0.15, -0.1) is 11.3 Å². The van der Waals surface area contributed by atoms with Crippen LogP contribution >= 0.6 is 23.1 Å². The molecule has 0 aliphatic rings. The molecule has 3 aromatic heterocycles. The maximum atomic E-state index is 13.2. The Hall–Kier alpha value is -3.03. The molecule has 0 fully saturated rings. The van der Waals surface area contributed by atoms with Gasteiger partial charge in [-0.2, -0.15) is 0 Å². The highest BCUT2D eigenvalue weighted by molar-refractivity contribution is 7.98. The molecule has 0 atom stereocenters. The molecule has 3 heterocycles. The number of rotatable bonds is 4. The largest absolute Gasteiger partial charge is 0.268 e. The monoisotopic (exact) mass is 416 g/mol. The van der Waals surface area contributed by atoms with Crippen molar-refractivity contribution >= 4 is 44.2 Å². The lowest BCUT2D eigenvalue weighted by molar-refractivity contribution is 0.794. The second-order valence-electron chi connectivity index (χ2n) is 6.61. The van der Waals surface area contributed by atoms with E-state index in [0.29, 0.717) is 27.6 Å². The Labute approximate surface area is 175 Å². The van der Waals surface area contributed by atoms with Crippen LogP contribution in [-0.2, 0) is 5.75 Å². The lowest BCUT2D eigenvalue weighted by Gasteiger charge is -2.12. The van der Waals surface area contributed by atoms with Gasteiger partial charge in [0.25, 0.3) is 5.56 Å². The first-order valence-electron chi connectivity index (χ1n) is 9.11. The number of aromatic nitrogens is 4. The summed E-state index contributed by atoms with van der Waals surface area (Å²) in [5.74, 6) is 1.21. The van der Waals surface area contributed by atoms with Gasteiger partial charge in [-0.3, -0.25) is 4.79 Å². The smallest absolute Gasteiger partial charge is 0.267 e. The van der Waals surface area contributed by atoms with Crippen LogP contribution in [0.5, 0.6) is 0 Å². The van der Waals surface area contributed by atoms with E-state index in [4.69, 9.17) is 9.97 Å². The predicted octanol–water partition coefficient (Wildman–Crippen LogP) is 4.99. The lowest BCUT2D eigenvalue weighted by Crippen LogP contribution is -2.22. The van der Waals surface area contributed by atoms with Gasteiger partial charge < -0.3 is 0 Å². The van der Waals surface area contributed by atoms with Crippen molar-refractivity contribution in [1.29, 1.82) is 0 Å². The quantitative estimate of drug-likeness (QED) is 0.305. The molecule has 0 spiro atoms. The van der Waals surface area contributed by atoms with E-state index in [1.165, 1.54) is 11.8 Å². The zero-order chi connectivity index (χ0) is 19.8. The van der Waals surface area contributed by atoms with Crippen LogP contribution in [0.3, 0.4) is 0 Å². The molecule has 0 bridgehead atoms. The minimum atomic E-state index is -0.112. The van der Waals surface area contributed by atoms with E-state index in [0.717, 1.165) is 20.8 Å². The standard InChI is InChI=1S/C22H16N4OS2/c1-14-10-11-19(23-12-14)26-21(27)15-6-2-3-7-16(15)25-22(26)28-13-20-24-17-8-4-5-9-18(17)29-20/h2-12H,13H2,1H3. The highest BCUT2D eigenvalue weighted by Crippen LogP contribution is 2.28. The molecule has 0 radical (unpaired) electrons. The number of fused-ring (bicyclic) bond motifs is 2. The minimum Gasteiger partial charge on any atom is -0.268 e. The number of nitrogens with zero attached hydrogens (tertiary/aromatic N) is 4. The Morgan fingerprint density at radius 1 is 0.966 bits per heavy atom. The van der Waals surface area contributed by atoms with Crippen molar-refractivity contribution in [1.82, 2.24) is 19.5 Å². The van der Waals surface area contributed by atoms with Crippen molar-refractivity contribution in [3.05, 3.63) is 87.8 Å². The van der Waals surface area contributed by atoms with Crippen LogP contribution in [0.2, 0.25) is 0 Å². The maximum Gasteiger partial charge on any atom is 0.267 e. The summed E-state index contributed by atoms with van der Waals surface area (Å²) in [4.78, 5) is 27.2. The molecule has 0 saturated heterocycles. The summed E-state index contributed by atoms with van der Waals surface area (Å²) in [7, 11) is 0. The highest BCUT2D eigenvalue weighted by Gasteiger charge is 2.15. The molecule has 0 aliphatic carbocycles. The van der Waals surface area contributed by atoms with Crippen molar-refractivity contribution in [2.45, 2.75) is 17.8 Å². The van der Waals surface area contributed by atoms with Gasteiger partial charge in [-0.1, -0.05) is 42.1 Å². The zero-order valence-electron chi connectivity index (χ0n) is 15.6. The van der Waals surface area contributed by atoms with E-state index in [9.17, 15) is 4.79 Å². The van der Waals surface area contributed by atoms with Gasteiger partial charge in [0.1, 0.15) is 10.8 Å². The molecular formula is C22H16N4OS2. The van der Waals surface area contributed by atoms with Crippen LogP contribution in [-0.4, -0.2) is 19.5 Å². The van der Waals surface area contributed by atoms with Crippen LogP contribution in [0.1, 0.15) is 10.6 Å². The van der Waals surface area contributed by atoms with Gasteiger partial charge in [0.2, 0.25) is 0 Å². The zero-order valence-corrected chi connectivity index (χ0v) is 17.2. The summed E-state index contributed by atoms with van der Waals surface area (Å²) in [5, 5.41) is 2.20. The highest BCUT2D eigenvalue weighted by atomic mass is 32.2. The van der Waals surface area contributed by atoms with Crippen LogP contribution in [0.15, 0.2) is 76.8 Å². The summed E-state index contributed by atoms with van der Waals surface area (Å²) in [6.07, 6.45) is 1.76. The minimum absolute atomic E-state index is 0.112. The Morgan fingerprint density at radius 2 is 1.76 bits per heavy atom. The normalized spacial score (nSPS) is 11.3. The molecule has 5 nitrogen and oxygen atoms in total. The second kappa shape index (κ2) is 7.42. The lowest BCUT2D eigenvalue weighted by atomic mass is 10.2. The van der Waals surface area contributed by atoms with E-state index in [2.05, 4.69) is 11.1 Å². The molecule has 0 amide bonds. The molecule has 5 rings (SSSR count). The topological polar surface area (TPSA) is 60.7 Å². The molecule has 0 unspecified atom stereocenters. The fraction of sp³-hybridized carbons (Fsp3) is 0.0909. The molecule has 0 N–H and O–H groups in total. The van der Waals surface area contributed by atoms with Gasteiger partial charge >= 0.3 is 0 Å².